The Bertz CT molecular complexity index is 339. The van der Waals surface area contributed by atoms with Gasteiger partial charge in [0.05, 0.1) is 11.0 Å². The summed E-state index contributed by atoms with van der Waals surface area (Å²) in [6.45, 7) is 3.88. The Labute approximate surface area is 85.7 Å². The van der Waals surface area contributed by atoms with Crippen molar-refractivity contribution in [2.45, 2.75) is 31.4 Å². The van der Waals surface area contributed by atoms with E-state index in [0.717, 1.165) is 18.8 Å². The van der Waals surface area contributed by atoms with E-state index in [4.69, 9.17) is 0 Å². The van der Waals surface area contributed by atoms with Crippen LogP contribution in [0.4, 0.5) is 0 Å². The predicted octanol–water partition coefficient (Wildman–Crippen LogP) is 1.17. The second-order valence-corrected chi connectivity index (χ2v) is 6.56. The maximum Gasteiger partial charge on any atom is 0.158 e. The summed E-state index contributed by atoms with van der Waals surface area (Å²) in [7, 11) is -2.86. The smallest absolute Gasteiger partial charge is 0.158 e. The molecule has 0 saturated carbocycles. The number of nitrogens with zero attached hydrogens (tertiary/aromatic N) is 1. The van der Waals surface area contributed by atoms with Crippen molar-refractivity contribution >= 4 is 9.84 Å². The number of sulfone groups is 1. The maximum absolute atomic E-state index is 11.7. The molecule has 3 nitrogen and oxygen atoms in total. The van der Waals surface area contributed by atoms with Gasteiger partial charge in [-0.1, -0.05) is 6.08 Å². The highest BCUT2D eigenvalue weighted by Gasteiger charge is 2.31. The van der Waals surface area contributed by atoms with Gasteiger partial charge in [-0.05, 0) is 26.2 Å². The van der Waals surface area contributed by atoms with Gasteiger partial charge in [-0.2, -0.15) is 0 Å². The minimum absolute atomic E-state index is 0.283. The standard InChI is InChI=1S/C10H17NO2S/c1-9-10(11-6-2-3-7-11)5-4-8-14(9,12)13/h5,9H,2-4,6-8H2,1H3. The Kier molecular flexibility index (Phi) is 2.56. The molecule has 0 bridgehead atoms. The molecule has 0 spiro atoms. The van der Waals surface area contributed by atoms with Crippen molar-refractivity contribution < 1.29 is 8.42 Å². The minimum Gasteiger partial charge on any atom is -0.374 e. The number of allylic oxidation sites excluding steroid dienone is 1. The molecule has 1 atom stereocenters. The molecule has 2 aliphatic rings. The summed E-state index contributed by atoms with van der Waals surface area (Å²) < 4.78 is 23.4. The maximum atomic E-state index is 11.7. The SMILES string of the molecule is CC1C(N2CCCC2)=CCCS1(=O)=O. The van der Waals surface area contributed by atoms with Crippen LogP contribution >= 0.6 is 0 Å². The molecule has 14 heavy (non-hydrogen) atoms. The zero-order valence-electron chi connectivity index (χ0n) is 8.57. The van der Waals surface area contributed by atoms with Gasteiger partial charge in [0.25, 0.3) is 0 Å². The first-order valence-electron chi connectivity index (χ1n) is 5.28. The van der Waals surface area contributed by atoms with E-state index < -0.39 is 9.84 Å². The highest BCUT2D eigenvalue weighted by molar-refractivity contribution is 7.92. The molecule has 2 aliphatic heterocycles. The van der Waals surface area contributed by atoms with Crippen LogP contribution in [0.5, 0.6) is 0 Å². The van der Waals surface area contributed by atoms with Crippen molar-refractivity contribution in [3.05, 3.63) is 11.8 Å². The highest BCUT2D eigenvalue weighted by atomic mass is 32.2. The topological polar surface area (TPSA) is 37.4 Å². The second kappa shape index (κ2) is 3.57. The lowest BCUT2D eigenvalue weighted by Gasteiger charge is -2.29. The number of hydrogen-bond acceptors (Lipinski definition) is 3. The average molecular weight is 215 g/mol. The molecule has 0 aromatic heterocycles. The van der Waals surface area contributed by atoms with Gasteiger partial charge >= 0.3 is 0 Å². The average Bonchev–Trinajstić information content (AvgIpc) is 2.62. The predicted molar refractivity (Wildman–Crippen MR) is 56.8 cm³/mol. The number of hydrogen-bond donors (Lipinski definition) is 0. The third kappa shape index (κ3) is 1.67. The Morgan fingerprint density at radius 2 is 2.00 bits per heavy atom. The van der Waals surface area contributed by atoms with Crippen LogP contribution < -0.4 is 0 Å². The van der Waals surface area contributed by atoms with Crippen LogP contribution in [0.25, 0.3) is 0 Å². The molecule has 2 heterocycles. The van der Waals surface area contributed by atoms with Gasteiger partial charge in [0.2, 0.25) is 0 Å². The summed E-state index contributed by atoms with van der Waals surface area (Å²) in [5.41, 5.74) is 1.05. The fraction of sp³-hybridized carbons (Fsp3) is 0.800. The van der Waals surface area contributed by atoms with Gasteiger partial charge in [-0.25, -0.2) is 8.42 Å². The largest absolute Gasteiger partial charge is 0.374 e. The Morgan fingerprint density at radius 1 is 1.36 bits per heavy atom. The van der Waals surface area contributed by atoms with E-state index in [0.29, 0.717) is 12.2 Å². The molecule has 0 aliphatic carbocycles. The Balaban J connectivity index is 2.22. The fourth-order valence-electron chi connectivity index (χ4n) is 2.26. The van der Waals surface area contributed by atoms with Crippen LogP contribution in [0, 0.1) is 0 Å². The van der Waals surface area contributed by atoms with E-state index in [1.165, 1.54) is 12.8 Å². The molecular formula is C10H17NO2S. The monoisotopic (exact) mass is 215 g/mol. The van der Waals surface area contributed by atoms with E-state index in [1.807, 2.05) is 6.92 Å². The van der Waals surface area contributed by atoms with Gasteiger partial charge in [0.1, 0.15) is 0 Å². The zero-order chi connectivity index (χ0) is 10.2. The lowest BCUT2D eigenvalue weighted by Crippen LogP contribution is -2.35. The molecule has 1 fully saturated rings. The van der Waals surface area contributed by atoms with Crippen molar-refractivity contribution in [3.8, 4) is 0 Å². The van der Waals surface area contributed by atoms with E-state index in [1.54, 1.807) is 0 Å². The van der Waals surface area contributed by atoms with Crippen LogP contribution in [0.3, 0.4) is 0 Å². The molecule has 80 valence electrons. The van der Waals surface area contributed by atoms with Crippen LogP contribution in [-0.2, 0) is 9.84 Å². The van der Waals surface area contributed by atoms with Crippen molar-refractivity contribution in [1.29, 1.82) is 0 Å². The molecule has 0 amide bonds. The summed E-state index contributed by atoms with van der Waals surface area (Å²) in [4.78, 5) is 2.24. The molecule has 4 heteroatoms. The molecule has 1 unspecified atom stereocenters. The third-order valence-electron chi connectivity index (χ3n) is 3.18. The summed E-state index contributed by atoms with van der Waals surface area (Å²) in [5, 5.41) is -0.283. The quantitative estimate of drug-likeness (QED) is 0.659. The molecular weight excluding hydrogens is 198 g/mol. The van der Waals surface area contributed by atoms with Crippen molar-refractivity contribution in [3.63, 3.8) is 0 Å². The Morgan fingerprint density at radius 3 is 2.64 bits per heavy atom. The summed E-state index contributed by atoms with van der Waals surface area (Å²) in [5.74, 6) is 0.325. The third-order valence-corrected chi connectivity index (χ3v) is 5.31. The van der Waals surface area contributed by atoms with Gasteiger partial charge in [-0.15, -0.1) is 0 Å². The minimum atomic E-state index is -2.86. The zero-order valence-corrected chi connectivity index (χ0v) is 9.39. The van der Waals surface area contributed by atoms with Crippen LogP contribution in [0.2, 0.25) is 0 Å². The van der Waals surface area contributed by atoms with E-state index in [-0.39, 0.29) is 5.25 Å². The van der Waals surface area contributed by atoms with Crippen molar-refractivity contribution in [2.24, 2.45) is 0 Å². The first kappa shape index (κ1) is 10.0. The van der Waals surface area contributed by atoms with Gasteiger partial charge in [-0.3, -0.25) is 0 Å². The van der Waals surface area contributed by atoms with Crippen molar-refractivity contribution in [2.75, 3.05) is 18.8 Å². The normalized spacial score (nSPS) is 31.6. The van der Waals surface area contributed by atoms with E-state index in [2.05, 4.69) is 11.0 Å². The van der Waals surface area contributed by atoms with E-state index >= 15 is 0 Å². The summed E-state index contributed by atoms with van der Waals surface area (Å²) in [6, 6.07) is 0. The van der Waals surface area contributed by atoms with Crippen LogP contribution in [0.15, 0.2) is 11.8 Å². The molecule has 0 radical (unpaired) electrons. The lowest BCUT2D eigenvalue weighted by molar-refractivity contribution is 0.407. The van der Waals surface area contributed by atoms with Gasteiger partial charge < -0.3 is 4.90 Å². The van der Waals surface area contributed by atoms with Crippen LogP contribution in [0.1, 0.15) is 26.2 Å². The summed E-state index contributed by atoms with van der Waals surface area (Å²) in [6.07, 6.45) is 5.20. The first-order valence-corrected chi connectivity index (χ1v) is 6.99. The molecule has 2 rings (SSSR count). The molecule has 0 N–H and O–H groups in total. The molecule has 0 aromatic carbocycles. The second-order valence-electron chi connectivity index (χ2n) is 4.12. The van der Waals surface area contributed by atoms with Crippen LogP contribution in [-0.4, -0.2) is 37.4 Å². The fourth-order valence-corrected chi connectivity index (χ4v) is 3.67. The lowest BCUT2D eigenvalue weighted by atomic mass is 10.2. The van der Waals surface area contributed by atoms with Gasteiger partial charge in [0.15, 0.2) is 9.84 Å². The molecule has 0 aromatic rings. The van der Waals surface area contributed by atoms with Crippen molar-refractivity contribution in [1.82, 2.24) is 4.90 Å². The number of likely N-dealkylation sites (tertiary alicyclic amines) is 1. The Hall–Kier alpha value is -0.510. The highest BCUT2D eigenvalue weighted by Crippen LogP contribution is 2.26. The molecule has 1 saturated heterocycles. The number of rotatable bonds is 1. The van der Waals surface area contributed by atoms with E-state index in [9.17, 15) is 8.42 Å². The van der Waals surface area contributed by atoms with Gasteiger partial charge in [0, 0.05) is 18.8 Å². The first-order chi connectivity index (χ1) is 6.61. The summed E-state index contributed by atoms with van der Waals surface area (Å²) >= 11 is 0.